The summed E-state index contributed by atoms with van der Waals surface area (Å²) in [6.07, 6.45) is 1.57. The summed E-state index contributed by atoms with van der Waals surface area (Å²) in [4.78, 5) is 16.1. The lowest BCUT2D eigenvalue weighted by molar-refractivity contribution is -0.120. The van der Waals surface area contributed by atoms with Gasteiger partial charge in [-0.15, -0.1) is 0 Å². The maximum absolute atomic E-state index is 11.9. The molecule has 0 aliphatic rings. The van der Waals surface area contributed by atoms with Crippen LogP contribution in [-0.2, 0) is 22.6 Å². The van der Waals surface area contributed by atoms with E-state index in [0.29, 0.717) is 38.0 Å². The standard InChI is InChI=1S/C20H28N4O4/c1-15-6-7-16(18(11-15)28-10-9-26-3)12-23-20(21-2)24-14-19(25)22-13-17-5-4-8-27-17/h4-8,11H,9-10,12-14H2,1-3H3,(H,22,25)(H2,21,23,24). The van der Waals surface area contributed by atoms with Crippen LogP contribution in [0.25, 0.3) is 0 Å². The third-order valence-electron chi connectivity index (χ3n) is 3.89. The molecule has 0 saturated carbocycles. The number of guanidine groups is 1. The van der Waals surface area contributed by atoms with E-state index in [9.17, 15) is 4.79 Å². The van der Waals surface area contributed by atoms with Gasteiger partial charge in [-0.25, -0.2) is 0 Å². The molecule has 1 heterocycles. The second kappa shape index (κ2) is 11.7. The summed E-state index contributed by atoms with van der Waals surface area (Å²) in [6, 6.07) is 9.61. The lowest BCUT2D eigenvalue weighted by atomic mass is 10.1. The number of aliphatic imine (C=N–C) groups is 1. The van der Waals surface area contributed by atoms with Crippen LogP contribution in [0.15, 0.2) is 46.0 Å². The number of rotatable bonds is 10. The highest BCUT2D eigenvalue weighted by Gasteiger charge is 2.08. The molecule has 0 saturated heterocycles. The number of nitrogens with zero attached hydrogens (tertiary/aromatic N) is 1. The Labute approximate surface area is 165 Å². The number of carbonyl (C=O) groups excluding carboxylic acids is 1. The van der Waals surface area contributed by atoms with Gasteiger partial charge >= 0.3 is 0 Å². The molecule has 152 valence electrons. The van der Waals surface area contributed by atoms with Gasteiger partial charge in [0.15, 0.2) is 5.96 Å². The van der Waals surface area contributed by atoms with Crippen LogP contribution < -0.4 is 20.7 Å². The number of amides is 1. The maximum Gasteiger partial charge on any atom is 0.239 e. The summed E-state index contributed by atoms with van der Waals surface area (Å²) in [6.45, 7) is 3.99. The molecule has 8 nitrogen and oxygen atoms in total. The number of furan rings is 1. The van der Waals surface area contributed by atoms with E-state index in [-0.39, 0.29) is 12.5 Å². The monoisotopic (exact) mass is 388 g/mol. The number of hydrogen-bond acceptors (Lipinski definition) is 5. The van der Waals surface area contributed by atoms with Gasteiger partial charge in [0, 0.05) is 26.3 Å². The average Bonchev–Trinajstić information content (AvgIpc) is 3.21. The van der Waals surface area contributed by atoms with Crippen molar-refractivity contribution in [2.24, 2.45) is 4.99 Å². The van der Waals surface area contributed by atoms with Crippen LogP contribution in [0.3, 0.4) is 0 Å². The first-order chi connectivity index (χ1) is 13.6. The summed E-state index contributed by atoms with van der Waals surface area (Å²) in [5.41, 5.74) is 2.11. The Morgan fingerprint density at radius 2 is 2.00 bits per heavy atom. The summed E-state index contributed by atoms with van der Waals surface area (Å²) < 4.78 is 16.0. The third kappa shape index (κ3) is 7.32. The Morgan fingerprint density at radius 3 is 2.71 bits per heavy atom. The number of aryl methyl sites for hydroxylation is 1. The number of methoxy groups -OCH3 is 1. The van der Waals surface area contributed by atoms with E-state index in [0.717, 1.165) is 16.9 Å². The molecule has 1 aromatic carbocycles. The average molecular weight is 388 g/mol. The number of carbonyl (C=O) groups is 1. The van der Waals surface area contributed by atoms with Gasteiger partial charge in [-0.2, -0.15) is 0 Å². The van der Waals surface area contributed by atoms with Crippen LogP contribution in [0.4, 0.5) is 0 Å². The first-order valence-electron chi connectivity index (χ1n) is 9.07. The highest BCUT2D eigenvalue weighted by Crippen LogP contribution is 2.20. The largest absolute Gasteiger partial charge is 0.491 e. The minimum atomic E-state index is -0.154. The van der Waals surface area contributed by atoms with E-state index < -0.39 is 0 Å². The van der Waals surface area contributed by atoms with Gasteiger partial charge in [-0.05, 0) is 30.7 Å². The summed E-state index contributed by atoms with van der Waals surface area (Å²) in [5.74, 6) is 1.88. The Kier molecular flexibility index (Phi) is 8.87. The molecule has 0 aliphatic heterocycles. The van der Waals surface area contributed by atoms with Crippen molar-refractivity contribution in [1.82, 2.24) is 16.0 Å². The van der Waals surface area contributed by atoms with Crippen molar-refractivity contribution < 1.29 is 18.7 Å². The Bertz CT molecular complexity index is 760. The van der Waals surface area contributed by atoms with Crippen LogP contribution in [0.5, 0.6) is 5.75 Å². The molecule has 0 atom stereocenters. The van der Waals surface area contributed by atoms with Crippen molar-refractivity contribution in [3.05, 3.63) is 53.5 Å². The van der Waals surface area contributed by atoms with Gasteiger partial charge in [-0.3, -0.25) is 9.79 Å². The molecule has 0 spiro atoms. The molecular formula is C20H28N4O4. The third-order valence-corrected chi connectivity index (χ3v) is 3.89. The van der Waals surface area contributed by atoms with E-state index in [4.69, 9.17) is 13.9 Å². The molecule has 2 aromatic rings. The van der Waals surface area contributed by atoms with Gasteiger partial charge in [0.1, 0.15) is 18.1 Å². The van der Waals surface area contributed by atoms with E-state index in [1.807, 2.05) is 31.2 Å². The lowest BCUT2D eigenvalue weighted by Crippen LogP contribution is -2.42. The van der Waals surface area contributed by atoms with Gasteiger partial charge in [0.2, 0.25) is 5.91 Å². The fourth-order valence-electron chi connectivity index (χ4n) is 2.40. The molecule has 3 N–H and O–H groups in total. The zero-order valence-electron chi connectivity index (χ0n) is 16.6. The first-order valence-corrected chi connectivity index (χ1v) is 9.07. The minimum Gasteiger partial charge on any atom is -0.491 e. The molecule has 0 fully saturated rings. The Balaban J connectivity index is 1.80. The number of ether oxygens (including phenoxy) is 2. The Hall–Kier alpha value is -3.00. The lowest BCUT2D eigenvalue weighted by Gasteiger charge is -2.15. The van der Waals surface area contributed by atoms with E-state index >= 15 is 0 Å². The van der Waals surface area contributed by atoms with Gasteiger partial charge in [0.25, 0.3) is 0 Å². The van der Waals surface area contributed by atoms with Crippen LogP contribution in [0.1, 0.15) is 16.9 Å². The number of benzene rings is 1. The first kappa shape index (κ1) is 21.3. The molecule has 1 amide bonds. The normalized spacial score (nSPS) is 11.2. The second-order valence-corrected chi connectivity index (χ2v) is 6.09. The molecular weight excluding hydrogens is 360 g/mol. The van der Waals surface area contributed by atoms with Crippen LogP contribution in [0.2, 0.25) is 0 Å². The molecule has 0 bridgehead atoms. The predicted octanol–water partition coefficient (Wildman–Crippen LogP) is 1.59. The van der Waals surface area contributed by atoms with E-state index in [1.165, 1.54) is 0 Å². The van der Waals surface area contributed by atoms with Crippen molar-refractivity contribution in [2.45, 2.75) is 20.0 Å². The smallest absolute Gasteiger partial charge is 0.239 e. The van der Waals surface area contributed by atoms with Crippen molar-refractivity contribution in [3.8, 4) is 5.75 Å². The summed E-state index contributed by atoms with van der Waals surface area (Å²) in [7, 11) is 3.30. The fourth-order valence-corrected chi connectivity index (χ4v) is 2.40. The topological polar surface area (TPSA) is 97.1 Å². The summed E-state index contributed by atoms with van der Waals surface area (Å²) >= 11 is 0. The molecule has 0 aliphatic carbocycles. The van der Waals surface area contributed by atoms with E-state index in [1.54, 1.807) is 26.5 Å². The molecule has 8 heteroatoms. The van der Waals surface area contributed by atoms with Crippen molar-refractivity contribution in [3.63, 3.8) is 0 Å². The molecule has 2 rings (SSSR count). The zero-order chi connectivity index (χ0) is 20.2. The number of hydrogen-bond donors (Lipinski definition) is 3. The quantitative estimate of drug-likeness (QED) is 0.325. The van der Waals surface area contributed by atoms with Crippen molar-refractivity contribution in [2.75, 3.05) is 33.9 Å². The fraction of sp³-hybridized carbons (Fsp3) is 0.400. The molecule has 0 radical (unpaired) electrons. The number of nitrogens with one attached hydrogen (secondary N) is 3. The molecule has 0 unspecified atom stereocenters. The van der Waals surface area contributed by atoms with Crippen LogP contribution in [0, 0.1) is 6.92 Å². The maximum atomic E-state index is 11.9. The summed E-state index contributed by atoms with van der Waals surface area (Å²) in [5, 5.41) is 8.95. The van der Waals surface area contributed by atoms with Gasteiger partial charge in [-0.1, -0.05) is 12.1 Å². The Morgan fingerprint density at radius 1 is 1.14 bits per heavy atom. The highest BCUT2D eigenvalue weighted by atomic mass is 16.5. The van der Waals surface area contributed by atoms with Crippen LogP contribution >= 0.6 is 0 Å². The minimum absolute atomic E-state index is 0.103. The second-order valence-electron chi connectivity index (χ2n) is 6.09. The molecule has 28 heavy (non-hydrogen) atoms. The van der Waals surface area contributed by atoms with Crippen molar-refractivity contribution in [1.29, 1.82) is 0 Å². The zero-order valence-corrected chi connectivity index (χ0v) is 16.6. The predicted molar refractivity (Wildman–Crippen MR) is 107 cm³/mol. The van der Waals surface area contributed by atoms with Gasteiger partial charge < -0.3 is 29.8 Å². The van der Waals surface area contributed by atoms with Crippen molar-refractivity contribution >= 4 is 11.9 Å². The van der Waals surface area contributed by atoms with E-state index in [2.05, 4.69) is 20.9 Å². The van der Waals surface area contributed by atoms with Gasteiger partial charge in [0.05, 0.1) is 26.0 Å². The SMILES string of the molecule is CN=C(NCC(=O)NCc1ccco1)NCc1ccc(C)cc1OCCOC. The highest BCUT2D eigenvalue weighted by molar-refractivity contribution is 5.86. The molecule has 1 aromatic heterocycles. The van der Waals surface area contributed by atoms with Crippen LogP contribution in [-0.4, -0.2) is 45.8 Å².